The zero-order chi connectivity index (χ0) is 13.5. The van der Waals surface area contributed by atoms with Crippen LogP contribution in [0.5, 0.6) is 0 Å². The maximum absolute atomic E-state index is 6.33. The number of nitrogens with zero attached hydrogens (tertiary/aromatic N) is 1. The van der Waals surface area contributed by atoms with Crippen molar-refractivity contribution in [2.75, 3.05) is 19.6 Å². The Morgan fingerprint density at radius 2 is 1.67 bits per heavy atom. The zero-order valence-electron chi connectivity index (χ0n) is 12.4. The van der Waals surface area contributed by atoms with Crippen molar-refractivity contribution in [1.82, 2.24) is 4.90 Å². The third-order valence-electron chi connectivity index (χ3n) is 3.49. The van der Waals surface area contributed by atoms with E-state index in [2.05, 4.69) is 50.8 Å². The fraction of sp³-hybridized carbons (Fsp3) is 0.625. The minimum Gasteiger partial charge on any atom is -0.323 e. The number of aryl methyl sites for hydroxylation is 2. The van der Waals surface area contributed by atoms with Gasteiger partial charge >= 0.3 is 0 Å². The maximum atomic E-state index is 6.33. The lowest BCUT2D eigenvalue weighted by atomic mass is 10.0. The van der Waals surface area contributed by atoms with Gasteiger partial charge < -0.3 is 10.6 Å². The van der Waals surface area contributed by atoms with Crippen LogP contribution in [0.15, 0.2) is 18.2 Å². The molecule has 2 heteroatoms. The highest BCUT2D eigenvalue weighted by atomic mass is 15.1. The van der Waals surface area contributed by atoms with Gasteiger partial charge in [0, 0.05) is 12.6 Å². The summed E-state index contributed by atoms with van der Waals surface area (Å²) < 4.78 is 0. The number of rotatable bonds is 7. The van der Waals surface area contributed by atoms with Gasteiger partial charge in [-0.1, -0.05) is 32.0 Å². The van der Waals surface area contributed by atoms with Gasteiger partial charge in [0.1, 0.15) is 0 Å². The van der Waals surface area contributed by atoms with Crippen molar-refractivity contribution in [1.29, 1.82) is 0 Å². The molecule has 18 heavy (non-hydrogen) atoms. The highest BCUT2D eigenvalue weighted by Crippen LogP contribution is 2.16. The molecular formula is C16H28N2. The third kappa shape index (κ3) is 4.43. The normalized spacial score (nSPS) is 13.0. The number of hydrogen-bond acceptors (Lipinski definition) is 2. The van der Waals surface area contributed by atoms with Gasteiger partial charge in [-0.15, -0.1) is 0 Å². The van der Waals surface area contributed by atoms with Crippen molar-refractivity contribution in [2.24, 2.45) is 5.73 Å². The molecule has 0 amide bonds. The maximum Gasteiger partial charge on any atom is 0.0424 e. The van der Waals surface area contributed by atoms with Crippen molar-refractivity contribution >= 4 is 0 Å². The van der Waals surface area contributed by atoms with E-state index in [1.807, 2.05) is 0 Å². The number of nitrogens with two attached hydrogens (primary N) is 1. The molecule has 0 radical (unpaired) electrons. The first kappa shape index (κ1) is 15.2. The quantitative estimate of drug-likeness (QED) is 0.801. The van der Waals surface area contributed by atoms with Crippen molar-refractivity contribution < 1.29 is 0 Å². The van der Waals surface area contributed by atoms with Gasteiger partial charge in [-0.05, 0) is 56.5 Å². The van der Waals surface area contributed by atoms with Crippen LogP contribution in [0.1, 0.15) is 49.4 Å². The number of hydrogen-bond donors (Lipinski definition) is 1. The van der Waals surface area contributed by atoms with Gasteiger partial charge in [-0.25, -0.2) is 0 Å². The monoisotopic (exact) mass is 248 g/mol. The Morgan fingerprint density at radius 1 is 1.06 bits per heavy atom. The van der Waals surface area contributed by atoms with Gasteiger partial charge in [-0.2, -0.15) is 0 Å². The topological polar surface area (TPSA) is 29.3 Å². The molecule has 1 aromatic rings. The Kier molecular flexibility index (Phi) is 6.37. The summed E-state index contributed by atoms with van der Waals surface area (Å²) >= 11 is 0. The molecule has 0 aliphatic rings. The summed E-state index contributed by atoms with van der Waals surface area (Å²) in [6.45, 7) is 12.0. The highest BCUT2D eigenvalue weighted by molar-refractivity contribution is 5.31. The van der Waals surface area contributed by atoms with E-state index in [0.29, 0.717) is 0 Å². The number of benzene rings is 1. The highest BCUT2D eigenvalue weighted by Gasteiger charge is 2.11. The molecule has 2 N–H and O–H groups in total. The minimum atomic E-state index is 0.127. The summed E-state index contributed by atoms with van der Waals surface area (Å²) in [4.78, 5) is 2.47. The zero-order valence-corrected chi connectivity index (χ0v) is 12.4. The summed E-state index contributed by atoms with van der Waals surface area (Å²) in [5.41, 5.74) is 10.3. The van der Waals surface area contributed by atoms with Crippen molar-refractivity contribution in [2.45, 2.75) is 46.6 Å². The molecule has 1 unspecified atom stereocenters. The van der Waals surface area contributed by atoms with Crippen molar-refractivity contribution in [3.05, 3.63) is 34.9 Å². The SMILES string of the molecule is CCCN(CCC)CC(N)c1ccc(C)c(C)c1. The molecule has 0 fully saturated rings. The van der Waals surface area contributed by atoms with E-state index in [1.54, 1.807) is 0 Å². The molecule has 0 spiro atoms. The lowest BCUT2D eigenvalue weighted by Gasteiger charge is -2.25. The summed E-state index contributed by atoms with van der Waals surface area (Å²) in [6.07, 6.45) is 2.39. The molecule has 102 valence electrons. The van der Waals surface area contributed by atoms with E-state index >= 15 is 0 Å². The first-order valence-corrected chi connectivity index (χ1v) is 7.13. The Labute approximate surface area is 112 Å². The molecule has 2 nitrogen and oxygen atoms in total. The molecular weight excluding hydrogens is 220 g/mol. The predicted molar refractivity (Wildman–Crippen MR) is 79.9 cm³/mol. The van der Waals surface area contributed by atoms with Crippen LogP contribution in [-0.2, 0) is 0 Å². The van der Waals surface area contributed by atoms with Gasteiger partial charge in [0.05, 0.1) is 0 Å². The van der Waals surface area contributed by atoms with Gasteiger partial charge in [0.2, 0.25) is 0 Å². The first-order chi connectivity index (χ1) is 8.58. The summed E-state index contributed by atoms with van der Waals surface area (Å²) in [5, 5.41) is 0. The largest absolute Gasteiger partial charge is 0.323 e. The Hall–Kier alpha value is -0.860. The molecule has 1 rings (SSSR count). The Morgan fingerprint density at radius 3 is 2.17 bits per heavy atom. The standard InChI is InChI=1S/C16H28N2/c1-5-9-18(10-6-2)12-16(17)15-8-7-13(3)14(4)11-15/h7-8,11,16H,5-6,9-10,12,17H2,1-4H3. The average Bonchev–Trinajstić information content (AvgIpc) is 2.33. The molecule has 0 aliphatic heterocycles. The van der Waals surface area contributed by atoms with Crippen LogP contribution in [0.2, 0.25) is 0 Å². The molecule has 1 aromatic carbocycles. The molecule has 0 aliphatic carbocycles. The van der Waals surface area contributed by atoms with E-state index in [9.17, 15) is 0 Å². The van der Waals surface area contributed by atoms with Crippen LogP contribution in [0.25, 0.3) is 0 Å². The molecule has 0 saturated carbocycles. The Balaban J connectivity index is 2.67. The van der Waals surface area contributed by atoms with E-state index < -0.39 is 0 Å². The second-order valence-corrected chi connectivity index (χ2v) is 5.25. The Bertz CT molecular complexity index is 354. The lowest BCUT2D eigenvalue weighted by molar-refractivity contribution is 0.258. The van der Waals surface area contributed by atoms with E-state index in [0.717, 1.165) is 19.6 Å². The summed E-state index contributed by atoms with van der Waals surface area (Å²) in [6, 6.07) is 6.70. The summed E-state index contributed by atoms with van der Waals surface area (Å²) in [5.74, 6) is 0. The molecule has 0 aromatic heterocycles. The average molecular weight is 248 g/mol. The molecule has 0 bridgehead atoms. The van der Waals surface area contributed by atoms with Crippen LogP contribution < -0.4 is 5.73 Å². The fourth-order valence-electron chi connectivity index (χ4n) is 2.31. The summed E-state index contributed by atoms with van der Waals surface area (Å²) in [7, 11) is 0. The van der Waals surface area contributed by atoms with Crippen LogP contribution in [0.4, 0.5) is 0 Å². The second kappa shape index (κ2) is 7.55. The van der Waals surface area contributed by atoms with Crippen LogP contribution in [-0.4, -0.2) is 24.5 Å². The van der Waals surface area contributed by atoms with E-state index in [4.69, 9.17) is 5.73 Å². The van der Waals surface area contributed by atoms with Crippen LogP contribution >= 0.6 is 0 Å². The third-order valence-corrected chi connectivity index (χ3v) is 3.49. The van der Waals surface area contributed by atoms with Crippen molar-refractivity contribution in [3.63, 3.8) is 0 Å². The lowest BCUT2D eigenvalue weighted by Crippen LogP contribution is -2.33. The molecule has 0 saturated heterocycles. The van der Waals surface area contributed by atoms with Gasteiger partial charge in [-0.3, -0.25) is 0 Å². The van der Waals surface area contributed by atoms with Crippen LogP contribution in [0, 0.1) is 13.8 Å². The second-order valence-electron chi connectivity index (χ2n) is 5.25. The van der Waals surface area contributed by atoms with Crippen molar-refractivity contribution in [3.8, 4) is 0 Å². The van der Waals surface area contributed by atoms with E-state index in [1.165, 1.54) is 29.5 Å². The predicted octanol–water partition coefficient (Wildman–Crippen LogP) is 3.43. The van der Waals surface area contributed by atoms with Crippen LogP contribution in [0.3, 0.4) is 0 Å². The fourth-order valence-corrected chi connectivity index (χ4v) is 2.31. The molecule has 0 heterocycles. The van der Waals surface area contributed by atoms with Gasteiger partial charge in [0.15, 0.2) is 0 Å². The van der Waals surface area contributed by atoms with Gasteiger partial charge in [0.25, 0.3) is 0 Å². The first-order valence-electron chi connectivity index (χ1n) is 7.13. The smallest absolute Gasteiger partial charge is 0.0424 e. The minimum absolute atomic E-state index is 0.127. The molecule has 1 atom stereocenters. The van der Waals surface area contributed by atoms with E-state index in [-0.39, 0.29) is 6.04 Å².